The summed E-state index contributed by atoms with van der Waals surface area (Å²) >= 11 is 0. The van der Waals surface area contributed by atoms with Crippen LogP contribution in [0.25, 0.3) is 4.85 Å². The van der Waals surface area contributed by atoms with Crippen molar-refractivity contribution in [1.82, 2.24) is 5.01 Å². The normalized spacial score (nSPS) is 11.5. The van der Waals surface area contributed by atoms with Gasteiger partial charge in [-0.05, 0) is 25.6 Å². The Morgan fingerprint density at radius 1 is 1.50 bits per heavy atom. The van der Waals surface area contributed by atoms with Crippen LogP contribution in [0.15, 0.2) is 12.4 Å². The fraction of sp³-hybridized carbons (Fsp3) is 0.571. The molecule has 0 spiro atoms. The van der Waals surface area contributed by atoms with Gasteiger partial charge in [0.2, 0.25) is 0 Å². The first-order chi connectivity index (χ1) is 4.48. The Labute approximate surface area is 61.9 Å². The third-order valence-corrected chi connectivity index (χ3v) is 1.09. The lowest BCUT2D eigenvalue weighted by Crippen LogP contribution is -2.42. The highest BCUT2D eigenvalue weighted by Gasteiger charge is 2.14. The second-order valence-electron chi connectivity index (χ2n) is 3.03. The molecule has 0 amide bonds. The Morgan fingerprint density at radius 2 is 2.00 bits per heavy atom. The smallest absolute Gasteiger partial charge is 0.306 e. The zero-order valence-electron chi connectivity index (χ0n) is 6.70. The van der Waals surface area contributed by atoms with E-state index in [1.807, 2.05) is 20.8 Å². The van der Waals surface area contributed by atoms with Crippen LogP contribution < -0.4 is 5.84 Å². The van der Waals surface area contributed by atoms with Crippen molar-refractivity contribution in [2.24, 2.45) is 5.84 Å². The molecular weight excluding hydrogens is 126 g/mol. The molecule has 0 atom stereocenters. The van der Waals surface area contributed by atoms with Crippen LogP contribution >= 0.6 is 0 Å². The second kappa shape index (κ2) is 3.23. The summed E-state index contributed by atoms with van der Waals surface area (Å²) < 4.78 is 0. The van der Waals surface area contributed by atoms with E-state index in [1.165, 1.54) is 6.20 Å². The molecule has 3 nitrogen and oxygen atoms in total. The van der Waals surface area contributed by atoms with Crippen LogP contribution in [0.4, 0.5) is 0 Å². The van der Waals surface area contributed by atoms with Crippen molar-refractivity contribution in [1.29, 1.82) is 0 Å². The van der Waals surface area contributed by atoms with Crippen LogP contribution in [0.2, 0.25) is 0 Å². The minimum atomic E-state index is -0.0822. The monoisotopic (exact) mass is 140 g/mol. The van der Waals surface area contributed by atoms with Crippen LogP contribution in [-0.2, 0) is 0 Å². The molecule has 3 heteroatoms. The molecule has 0 bridgehead atoms. The average molecular weight is 140 g/mol. The van der Waals surface area contributed by atoms with E-state index in [9.17, 15) is 0 Å². The molecule has 0 rings (SSSR count). The quantitative estimate of drug-likeness (QED) is 0.441. The van der Waals surface area contributed by atoms with Crippen molar-refractivity contribution in [3.63, 3.8) is 0 Å². The summed E-state index contributed by atoms with van der Waals surface area (Å²) in [6.07, 6.45) is 3.07. The van der Waals surface area contributed by atoms with Gasteiger partial charge in [0.1, 0.15) is 0 Å². The minimum absolute atomic E-state index is 0.0822. The van der Waals surface area contributed by atoms with Gasteiger partial charge in [0.15, 0.2) is 0 Å². The number of hydrazine groups is 1. The molecule has 0 radical (unpaired) electrons. The predicted octanol–water partition coefficient (Wildman–Crippen LogP) is 1.39. The van der Waals surface area contributed by atoms with E-state index >= 15 is 0 Å². The van der Waals surface area contributed by atoms with E-state index in [1.54, 1.807) is 11.2 Å². The van der Waals surface area contributed by atoms with Gasteiger partial charge in [-0.25, -0.2) is 5.84 Å². The molecule has 0 aliphatic rings. The Bertz CT molecular complexity index is 159. The molecular formula is C7H14N3+. The van der Waals surface area contributed by atoms with Crippen molar-refractivity contribution in [3.8, 4) is 6.57 Å². The van der Waals surface area contributed by atoms with Gasteiger partial charge < -0.3 is 5.01 Å². The van der Waals surface area contributed by atoms with Gasteiger partial charge in [0.25, 0.3) is 6.57 Å². The molecule has 0 unspecified atom stereocenters. The van der Waals surface area contributed by atoms with Crippen molar-refractivity contribution in [3.05, 3.63) is 17.2 Å². The molecule has 56 valence electrons. The number of nitrogens with two attached hydrogens (primary N) is 1. The van der Waals surface area contributed by atoms with E-state index in [0.29, 0.717) is 0 Å². The Balaban J connectivity index is 4.00. The first-order valence-corrected chi connectivity index (χ1v) is 3.09. The largest absolute Gasteiger partial charge is 0.322 e. The molecule has 10 heavy (non-hydrogen) atoms. The van der Waals surface area contributed by atoms with Gasteiger partial charge >= 0.3 is 6.20 Å². The molecule has 0 aromatic rings. The fourth-order valence-electron chi connectivity index (χ4n) is 0.334. The topological polar surface area (TPSA) is 33.6 Å². The van der Waals surface area contributed by atoms with E-state index in [4.69, 9.17) is 12.4 Å². The number of hydrogen-bond donors (Lipinski definition) is 1. The van der Waals surface area contributed by atoms with E-state index in [-0.39, 0.29) is 5.54 Å². The first-order valence-electron chi connectivity index (χ1n) is 3.09. The summed E-state index contributed by atoms with van der Waals surface area (Å²) in [6.45, 7) is 10.9. The highest BCUT2D eigenvalue weighted by Crippen LogP contribution is 2.07. The molecule has 0 heterocycles. The van der Waals surface area contributed by atoms with E-state index < -0.39 is 0 Å². The lowest BCUT2D eigenvalue weighted by atomic mass is 10.1. The maximum Gasteiger partial charge on any atom is 0.322 e. The number of nitrogens with zero attached hydrogens (tertiary/aromatic N) is 2. The Kier molecular flexibility index (Phi) is 2.91. The molecule has 0 fully saturated rings. The molecule has 0 saturated heterocycles. The zero-order chi connectivity index (χ0) is 8.20. The van der Waals surface area contributed by atoms with Crippen LogP contribution in [0.5, 0.6) is 0 Å². The summed E-state index contributed by atoms with van der Waals surface area (Å²) in [5, 5.41) is 1.54. The summed E-state index contributed by atoms with van der Waals surface area (Å²) in [4.78, 5) is 3.29. The van der Waals surface area contributed by atoms with Gasteiger partial charge in [0.05, 0.1) is 6.20 Å². The van der Waals surface area contributed by atoms with Gasteiger partial charge in [-0.3, -0.25) is 0 Å². The van der Waals surface area contributed by atoms with Gasteiger partial charge in [-0.2, -0.15) is 0 Å². The van der Waals surface area contributed by atoms with Crippen molar-refractivity contribution < 1.29 is 0 Å². The van der Waals surface area contributed by atoms with E-state index in [2.05, 4.69) is 4.85 Å². The van der Waals surface area contributed by atoms with Crippen LogP contribution in [0.3, 0.4) is 0 Å². The summed E-state index contributed by atoms with van der Waals surface area (Å²) in [5.74, 6) is 5.57. The van der Waals surface area contributed by atoms with Crippen molar-refractivity contribution in [2.45, 2.75) is 26.3 Å². The van der Waals surface area contributed by atoms with Crippen molar-refractivity contribution in [2.75, 3.05) is 0 Å². The molecule has 0 aromatic heterocycles. The summed E-state index contributed by atoms with van der Waals surface area (Å²) in [6, 6.07) is 0. The maximum atomic E-state index is 5.57. The highest BCUT2D eigenvalue weighted by molar-refractivity contribution is 4.93. The zero-order valence-corrected chi connectivity index (χ0v) is 6.70. The SMILES string of the molecule is C#[N+]/C=C\N(N)C(C)(C)C. The minimum Gasteiger partial charge on any atom is -0.306 e. The number of rotatable bonds is 1. The lowest BCUT2D eigenvalue weighted by Gasteiger charge is -2.28. The van der Waals surface area contributed by atoms with Gasteiger partial charge in [0, 0.05) is 5.54 Å². The third kappa shape index (κ3) is 3.10. The molecule has 0 aromatic carbocycles. The Hall–Kier alpha value is -1.01. The molecule has 0 aliphatic carbocycles. The summed E-state index contributed by atoms with van der Waals surface area (Å²) in [7, 11) is 0. The van der Waals surface area contributed by atoms with Gasteiger partial charge in [-0.1, -0.05) is 0 Å². The molecule has 0 aliphatic heterocycles. The Morgan fingerprint density at radius 3 is 2.30 bits per heavy atom. The summed E-state index contributed by atoms with van der Waals surface area (Å²) in [5.41, 5.74) is -0.0822. The lowest BCUT2D eigenvalue weighted by molar-refractivity contribution is 0.210. The standard InChI is InChI=1S/C7H14N3/c1-7(2,3)10(8)6-5-9-4/h4-6H,8H2,1-3H3/q+1/b6-5-. The number of hydrogen-bond acceptors (Lipinski definition) is 2. The van der Waals surface area contributed by atoms with E-state index in [0.717, 1.165) is 0 Å². The molecule has 2 N–H and O–H groups in total. The van der Waals surface area contributed by atoms with Crippen molar-refractivity contribution >= 4 is 0 Å². The van der Waals surface area contributed by atoms with Crippen LogP contribution in [-0.4, -0.2) is 10.5 Å². The van der Waals surface area contributed by atoms with Crippen LogP contribution in [0.1, 0.15) is 20.8 Å². The average Bonchev–Trinajstić information content (AvgIpc) is 1.80. The predicted molar refractivity (Wildman–Crippen MR) is 43.2 cm³/mol. The van der Waals surface area contributed by atoms with Gasteiger partial charge in [-0.15, -0.1) is 0 Å². The fourth-order valence-corrected chi connectivity index (χ4v) is 0.334. The van der Waals surface area contributed by atoms with Crippen LogP contribution in [0, 0.1) is 6.57 Å². The first kappa shape index (κ1) is 8.99. The highest BCUT2D eigenvalue weighted by atomic mass is 15.4. The molecule has 0 saturated carbocycles. The second-order valence-corrected chi connectivity index (χ2v) is 3.03. The third-order valence-electron chi connectivity index (χ3n) is 1.09. The maximum absolute atomic E-state index is 5.57.